The van der Waals surface area contributed by atoms with Crippen molar-refractivity contribution < 1.29 is 18.7 Å². The van der Waals surface area contributed by atoms with Crippen LogP contribution in [0.3, 0.4) is 0 Å². The van der Waals surface area contributed by atoms with Crippen LogP contribution in [0.2, 0.25) is 0 Å². The summed E-state index contributed by atoms with van der Waals surface area (Å²) < 4.78 is 18.6. The number of fused-ring (bicyclic) bond motifs is 1. The molecule has 0 unspecified atom stereocenters. The van der Waals surface area contributed by atoms with Crippen LogP contribution < -0.4 is 10.9 Å². The van der Waals surface area contributed by atoms with Crippen molar-refractivity contribution in [3.05, 3.63) is 57.8 Å². The van der Waals surface area contributed by atoms with Crippen LogP contribution in [-0.4, -0.2) is 38.1 Å². The van der Waals surface area contributed by atoms with Gasteiger partial charge in [0.05, 0.1) is 12.8 Å². The maximum absolute atomic E-state index is 12.9. The van der Waals surface area contributed by atoms with Gasteiger partial charge in [0.15, 0.2) is 0 Å². The van der Waals surface area contributed by atoms with E-state index in [1.165, 1.54) is 12.1 Å². The van der Waals surface area contributed by atoms with E-state index in [1.807, 2.05) is 0 Å². The Labute approximate surface area is 139 Å². The van der Waals surface area contributed by atoms with E-state index in [9.17, 15) is 18.8 Å². The molecule has 10 heteroatoms. The molecule has 0 aliphatic heterocycles. The number of carbonyl (C=O) groups is 2. The highest BCUT2D eigenvalue weighted by Gasteiger charge is 2.17. The Hall–Kier alpha value is -3.56. The van der Waals surface area contributed by atoms with Crippen LogP contribution in [-0.2, 0) is 4.74 Å². The van der Waals surface area contributed by atoms with Gasteiger partial charge in [-0.25, -0.2) is 14.2 Å². The molecule has 0 bridgehead atoms. The zero-order valence-corrected chi connectivity index (χ0v) is 12.9. The molecule has 0 spiro atoms. The Morgan fingerprint density at radius 3 is 2.72 bits per heavy atom. The number of hydrogen-bond acceptors (Lipinski definition) is 6. The second-order valence-electron chi connectivity index (χ2n) is 4.87. The molecule has 0 aliphatic rings. The van der Waals surface area contributed by atoms with Gasteiger partial charge in [-0.15, -0.1) is 0 Å². The maximum atomic E-state index is 12.9. The summed E-state index contributed by atoms with van der Waals surface area (Å²) in [6, 6.07) is 4.89. The normalized spacial score (nSPS) is 10.6. The van der Waals surface area contributed by atoms with E-state index in [0.29, 0.717) is 0 Å². The van der Waals surface area contributed by atoms with Gasteiger partial charge < -0.3 is 4.74 Å². The quantitative estimate of drug-likeness (QED) is 0.681. The van der Waals surface area contributed by atoms with E-state index in [-0.39, 0.29) is 29.5 Å². The smallest absolute Gasteiger partial charge is 0.345 e. The van der Waals surface area contributed by atoms with Crippen molar-refractivity contribution in [2.24, 2.45) is 0 Å². The number of H-pyrrole nitrogens is 1. The fraction of sp³-hybridized carbons (Fsp3) is 0.133. The molecule has 0 atom stereocenters. The summed E-state index contributed by atoms with van der Waals surface area (Å²) in [7, 11) is 0. The van der Waals surface area contributed by atoms with Crippen LogP contribution in [0.25, 0.3) is 5.78 Å². The fourth-order valence-electron chi connectivity index (χ4n) is 2.04. The summed E-state index contributed by atoms with van der Waals surface area (Å²) in [5.74, 6) is -1.92. The summed E-state index contributed by atoms with van der Waals surface area (Å²) in [6.07, 6.45) is 1.06. The van der Waals surface area contributed by atoms with Gasteiger partial charge in [-0.2, -0.15) is 9.50 Å². The summed E-state index contributed by atoms with van der Waals surface area (Å²) in [5, 5.41) is 4.95. The maximum Gasteiger partial charge on any atom is 0.345 e. The van der Waals surface area contributed by atoms with Crippen LogP contribution in [0.1, 0.15) is 27.6 Å². The molecule has 3 rings (SSSR count). The van der Waals surface area contributed by atoms with E-state index in [2.05, 4.69) is 20.4 Å². The number of ether oxygens (including phenoxy) is 1. The minimum atomic E-state index is -0.805. The molecule has 9 nitrogen and oxygen atoms in total. The molecule has 0 saturated heterocycles. The summed E-state index contributed by atoms with van der Waals surface area (Å²) in [5.41, 5.74) is -0.771. The van der Waals surface area contributed by atoms with Gasteiger partial charge in [0, 0.05) is 5.56 Å². The lowest BCUT2D eigenvalue weighted by Gasteiger charge is -2.01. The number of aromatic amines is 1. The zero-order chi connectivity index (χ0) is 18.0. The minimum Gasteiger partial charge on any atom is -0.462 e. The van der Waals surface area contributed by atoms with Crippen molar-refractivity contribution in [3.63, 3.8) is 0 Å². The van der Waals surface area contributed by atoms with Gasteiger partial charge in [0.2, 0.25) is 5.95 Å². The first-order valence-corrected chi connectivity index (χ1v) is 7.21. The molecule has 0 radical (unpaired) electrons. The second-order valence-corrected chi connectivity index (χ2v) is 4.87. The lowest BCUT2D eigenvalue weighted by atomic mass is 10.2. The Morgan fingerprint density at radius 1 is 1.32 bits per heavy atom. The molecule has 2 aromatic heterocycles. The van der Waals surface area contributed by atoms with E-state index < -0.39 is 23.3 Å². The number of rotatable bonds is 4. The Bertz CT molecular complexity index is 1010. The number of aromatic nitrogens is 4. The molecule has 3 aromatic rings. The molecule has 0 aliphatic carbocycles. The van der Waals surface area contributed by atoms with E-state index in [1.54, 1.807) is 6.92 Å². The number of carbonyl (C=O) groups excluding carboxylic acids is 2. The second kappa shape index (κ2) is 6.51. The molecule has 2 N–H and O–H groups in total. The fourth-order valence-corrected chi connectivity index (χ4v) is 2.04. The monoisotopic (exact) mass is 345 g/mol. The molecule has 128 valence electrons. The van der Waals surface area contributed by atoms with Crippen molar-refractivity contribution >= 4 is 23.6 Å². The highest BCUT2D eigenvalue weighted by molar-refractivity contribution is 6.03. The molecule has 0 fully saturated rings. The Kier molecular flexibility index (Phi) is 4.25. The number of benzene rings is 1. The number of anilines is 1. The number of esters is 1. The summed E-state index contributed by atoms with van der Waals surface area (Å²) >= 11 is 0. The standard InChI is InChI=1S/C15H12FN5O4/c1-2-25-13(24)10-7-17-15-19-14(20-21(15)12(10)23)18-11(22)8-3-5-9(16)6-4-8/h3-7H,2H2,1H3,(H2,17,18,19,20,22). The van der Waals surface area contributed by atoms with Gasteiger partial charge in [-0.05, 0) is 31.2 Å². The third-order valence-electron chi connectivity index (χ3n) is 3.21. The highest BCUT2D eigenvalue weighted by Crippen LogP contribution is 2.07. The van der Waals surface area contributed by atoms with Gasteiger partial charge >= 0.3 is 5.97 Å². The third kappa shape index (κ3) is 3.22. The molecule has 0 saturated carbocycles. The number of halogens is 1. The SMILES string of the molecule is CCOC(=O)c1cnc2nc(NC(=O)c3ccc(F)cc3)[nH]n2c1=O. The molecular weight excluding hydrogens is 333 g/mol. The molecule has 2 heterocycles. The predicted octanol–water partition coefficient (Wildman–Crippen LogP) is 0.986. The average Bonchev–Trinajstić information content (AvgIpc) is 2.99. The number of hydrogen-bond donors (Lipinski definition) is 2. The zero-order valence-electron chi connectivity index (χ0n) is 12.9. The van der Waals surface area contributed by atoms with Crippen LogP contribution in [0.5, 0.6) is 0 Å². The average molecular weight is 345 g/mol. The van der Waals surface area contributed by atoms with Crippen molar-refractivity contribution in [3.8, 4) is 0 Å². The predicted molar refractivity (Wildman–Crippen MR) is 83.9 cm³/mol. The number of nitrogens with zero attached hydrogens (tertiary/aromatic N) is 3. The first-order chi connectivity index (χ1) is 12.0. The molecule has 25 heavy (non-hydrogen) atoms. The largest absolute Gasteiger partial charge is 0.462 e. The molecule has 1 amide bonds. The van der Waals surface area contributed by atoms with Gasteiger partial charge in [-0.3, -0.25) is 20.0 Å². The number of amides is 1. The van der Waals surface area contributed by atoms with Crippen LogP contribution in [0.15, 0.2) is 35.3 Å². The third-order valence-corrected chi connectivity index (χ3v) is 3.21. The van der Waals surface area contributed by atoms with E-state index in [0.717, 1.165) is 22.8 Å². The van der Waals surface area contributed by atoms with Gasteiger partial charge in [0.1, 0.15) is 11.4 Å². The summed E-state index contributed by atoms with van der Waals surface area (Å²) in [6.45, 7) is 1.73. The van der Waals surface area contributed by atoms with Crippen molar-refractivity contribution in [2.45, 2.75) is 6.92 Å². The molecule has 1 aromatic carbocycles. The number of nitrogens with one attached hydrogen (secondary N) is 2. The highest BCUT2D eigenvalue weighted by atomic mass is 19.1. The Morgan fingerprint density at radius 2 is 2.04 bits per heavy atom. The lowest BCUT2D eigenvalue weighted by Crippen LogP contribution is -2.24. The van der Waals surface area contributed by atoms with Crippen molar-refractivity contribution in [2.75, 3.05) is 11.9 Å². The van der Waals surface area contributed by atoms with E-state index in [4.69, 9.17) is 4.74 Å². The van der Waals surface area contributed by atoms with Crippen LogP contribution >= 0.6 is 0 Å². The van der Waals surface area contributed by atoms with Crippen molar-refractivity contribution in [1.29, 1.82) is 0 Å². The van der Waals surface area contributed by atoms with Crippen molar-refractivity contribution in [1.82, 2.24) is 19.6 Å². The topological polar surface area (TPSA) is 118 Å². The molecular formula is C15H12FN5O4. The first kappa shape index (κ1) is 16.3. The minimum absolute atomic E-state index is 0.0348. The van der Waals surface area contributed by atoms with Crippen LogP contribution in [0.4, 0.5) is 10.3 Å². The summed E-state index contributed by atoms with van der Waals surface area (Å²) in [4.78, 5) is 43.8. The Balaban J connectivity index is 1.89. The van der Waals surface area contributed by atoms with Gasteiger partial charge in [0.25, 0.3) is 17.2 Å². The van der Waals surface area contributed by atoms with E-state index >= 15 is 0 Å². The first-order valence-electron chi connectivity index (χ1n) is 7.21. The lowest BCUT2D eigenvalue weighted by molar-refractivity contribution is 0.0523. The van der Waals surface area contributed by atoms with Gasteiger partial charge in [-0.1, -0.05) is 0 Å². The van der Waals surface area contributed by atoms with Crippen LogP contribution in [0, 0.1) is 5.82 Å².